The summed E-state index contributed by atoms with van der Waals surface area (Å²) in [5.41, 5.74) is 0.692. The Morgan fingerprint density at radius 2 is 2.56 bits per heavy atom. The molecule has 0 aliphatic carbocycles. The molecule has 0 aromatic carbocycles. The minimum Gasteiger partial charge on any atom is -0.350 e. The van der Waals surface area contributed by atoms with Crippen molar-refractivity contribution < 1.29 is 4.79 Å². The minimum absolute atomic E-state index is 0.0000926. The first kappa shape index (κ1) is 11.7. The highest BCUT2D eigenvalue weighted by atomic mass is 79.9. The van der Waals surface area contributed by atoms with Crippen molar-refractivity contribution in [3.63, 3.8) is 0 Å². The molecule has 2 N–H and O–H groups in total. The average molecular weight is 286 g/mol. The predicted molar refractivity (Wildman–Crippen MR) is 66.4 cm³/mol. The molecule has 1 aliphatic heterocycles. The number of hydrogen-bond acceptors (Lipinski definition) is 2. The molecule has 0 spiro atoms. The van der Waals surface area contributed by atoms with E-state index in [1.165, 1.54) is 0 Å². The van der Waals surface area contributed by atoms with Crippen LogP contribution in [-0.4, -0.2) is 30.1 Å². The van der Waals surface area contributed by atoms with Gasteiger partial charge in [0, 0.05) is 24.3 Å². The molecule has 16 heavy (non-hydrogen) atoms. The molecule has 5 heteroatoms. The molecule has 1 amide bonds. The highest BCUT2D eigenvalue weighted by Crippen LogP contribution is 2.13. The third-order valence-corrected chi connectivity index (χ3v) is 3.35. The molecule has 1 aromatic heterocycles. The molecular weight excluding hydrogens is 270 g/mol. The summed E-state index contributed by atoms with van der Waals surface area (Å²) < 4.78 is 2.76. The number of nitrogens with zero attached hydrogens (tertiary/aromatic N) is 1. The van der Waals surface area contributed by atoms with Crippen LogP contribution >= 0.6 is 15.9 Å². The van der Waals surface area contributed by atoms with Gasteiger partial charge in [0.25, 0.3) is 5.91 Å². The number of carbonyl (C=O) groups is 1. The Morgan fingerprint density at radius 1 is 1.75 bits per heavy atom. The van der Waals surface area contributed by atoms with Crippen molar-refractivity contribution in [2.24, 2.45) is 13.0 Å². The lowest BCUT2D eigenvalue weighted by Crippen LogP contribution is -2.31. The van der Waals surface area contributed by atoms with Crippen molar-refractivity contribution in [1.29, 1.82) is 0 Å². The highest BCUT2D eigenvalue weighted by molar-refractivity contribution is 9.10. The highest BCUT2D eigenvalue weighted by Gasteiger charge is 2.16. The molecule has 2 rings (SSSR count). The quantitative estimate of drug-likeness (QED) is 0.875. The lowest BCUT2D eigenvalue weighted by atomic mass is 10.1. The van der Waals surface area contributed by atoms with E-state index in [4.69, 9.17) is 0 Å². The zero-order valence-corrected chi connectivity index (χ0v) is 10.9. The van der Waals surface area contributed by atoms with Crippen LogP contribution in [0.3, 0.4) is 0 Å². The normalized spacial score (nSPS) is 20.0. The van der Waals surface area contributed by atoms with Gasteiger partial charge in [0.05, 0.1) is 0 Å². The first-order chi connectivity index (χ1) is 7.66. The van der Waals surface area contributed by atoms with E-state index in [1.54, 1.807) is 0 Å². The number of aromatic nitrogens is 1. The second-order valence-electron chi connectivity index (χ2n) is 4.22. The van der Waals surface area contributed by atoms with Crippen molar-refractivity contribution in [3.8, 4) is 0 Å². The molecule has 2 heterocycles. The van der Waals surface area contributed by atoms with Gasteiger partial charge < -0.3 is 15.2 Å². The van der Waals surface area contributed by atoms with Gasteiger partial charge >= 0.3 is 0 Å². The Labute approximate surface area is 104 Å². The smallest absolute Gasteiger partial charge is 0.267 e. The second kappa shape index (κ2) is 5.01. The van der Waals surface area contributed by atoms with Gasteiger partial charge in [-0.25, -0.2) is 0 Å². The van der Waals surface area contributed by atoms with Crippen molar-refractivity contribution in [3.05, 3.63) is 22.4 Å². The molecule has 0 saturated carbocycles. The molecule has 1 aromatic rings. The largest absolute Gasteiger partial charge is 0.350 e. The van der Waals surface area contributed by atoms with Crippen molar-refractivity contribution in [2.75, 3.05) is 19.6 Å². The van der Waals surface area contributed by atoms with Crippen LogP contribution in [0.4, 0.5) is 0 Å². The summed E-state index contributed by atoms with van der Waals surface area (Å²) in [6, 6.07) is 1.84. The summed E-state index contributed by atoms with van der Waals surface area (Å²) >= 11 is 3.36. The zero-order valence-electron chi connectivity index (χ0n) is 9.29. The maximum absolute atomic E-state index is 11.9. The van der Waals surface area contributed by atoms with Gasteiger partial charge in [-0.05, 0) is 47.4 Å². The number of halogens is 1. The summed E-state index contributed by atoms with van der Waals surface area (Å²) in [6.45, 7) is 2.84. The van der Waals surface area contributed by atoms with Crippen LogP contribution in [0.15, 0.2) is 16.7 Å². The maximum Gasteiger partial charge on any atom is 0.267 e. The zero-order chi connectivity index (χ0) is 11.5. The van der Waals surface area contributed by atoms with Gasteiger partial charge in [-0.15, -0.1) is 0 Å². The van der Waals surface area contributed by atoms with Gasteiger partial charge in [-0.2, -0.15) is 0 Å². The fourth-order valence-electron chi connectivity index (χ4n) is 1.97. The summed E-state index contributed by atoms with van der Waals surface area (Å²) in [4.78, 5) is 11.9. The lowest BCUT2D eigenvalue weighted by Gasteiger charge is -2.10. The number of nitrogens with one attached hydrogen (secondary N) is 2. The fourth-order valence-corrected chi connectivity index (χ4v) is 2.49. The Hall–Kier alpha value is -0.810. The number of hydrogen-bond donors (Lipinski definition) is 2. The van der Waals surface area contributed by atoms with Gasteiger partial charge in [-0.3, -0.25) is 4.79 Å². The molecule has 0 bridgehead atoms. The van der Waals surface area contributed by atoms with Gasteiger partial charge in [-0.1, -0.05) is 0 Å². The van der Waals surface area contributed by atoms with Crippen LogP contribution in [0.2, 0.25) is 0 Å². The van der Waals surface area contributed by atoms with E-state index in [0.29, 0.717) is 11.6 Å². The van der Waals surface area contributed by atoms with Gasteiger partial charge in [0.1, 0.15) is 5.69 Å². The number of amides is 1. The average Bonchev–Trinajstić information content (AvgIpc) is 2.84. The number of aryl methyl sites for hydroxylation is 1. The third-order valence-electron chi connectivity index (χ3n) is 2.92. The van der Waals surface area contributed by atoms with Gasteiger partial charge in [0.15, 0.2) is 0 Å². The second-order valence-corrected chi connectivity index (χ2v) is 5.14. The molecule has 1 unspecified atom stereocenters. The van der Waals surface area contributed by atoms with Crippen LogP contribution in [0, 0.1) is 5.92 Å². The molecular formula is C11H16BrN3O. The van der Waals surface area contributed by atoms with Crippen LogP contribution < -0.4 is 10.6 Å². The van der Waals surface area contributed by atoms with Crippen molar-refractivity contribution >= 4 is 21.8 Å². The van der Waals surface area contributed by atoms with Crippen LogP contribution in [0.1, 0.15) is 16.9 Å². The fraction of sp³-hybridized carbons (Fsp3) is 0.545. The minimum atomic E-state index is 0.0000926. The molecule has 4 nitrogen and oxygen atoms in total. The summed E-state index contributed by atoms with van der Waals surface area (Å²) in [5, 5.41) is 6.26. The van der Waals surface area contributed by atoms with Crippen molar-refractivity contribution in [2.45, 2.75) is 6.42 Å². The van der Waals surface area contributed by atoms with Crippen LogP contribution in [-0.2, 0) is 7.05 Å². The topological polar surface area (TPSA) is 46.1 Å². The Balaban J connectivity index is 1.90. The summed E-state index contributed by atoms with van der Waals surface area (Å²) in [7, 11) is 1.87. The maximum atomic E-state index is 11.9. The Kier molecular flexibility index (Phi) is 3.66. The molecule has 1 atom stereocenters. The van der Waals surface area contributed by atoms with E-state index in [-0.39, 0.29) is 5.91 Å². The first-order valence-corrected chi connectivity index (χ1v) is 6.27. The standard InChI is InChI=1S/C11H16BrN3O/c1-15-7-9(12)4-10(15)11(16)14-6-8-2-3-13-5-8/h4,7-8,13H,2-3,5-6H2,1H3,(H,14,16). The molecule has 1 aliphatic rings. The Morgan fingerprint density at radius 3 is 3.12 bits per heavy atom. The number of rotatable bonds is 3. The first-order valence-electron chi connectivity index (χ1n) is 5.47. The van der Waals surface area contributed by atoms with E-state index < -0.39 is 0 Å². The SMILES string of the molecule is Cn1cc(Br)cc1C(=O)NCC1CCNC1. The predicted octanol–water partition coefficient (Wildman–Crippen LogP) is 1.13. The monoisotopic (exact) mass is 285 g/mol. The summed E-state index contributed by atoms with van der Waals surface area (Å²) in [6.07, 6.45) is 3.03. The van der Waals surface area contributed by atoms with Crippen molar-refractivity contribution in [1.82, 2.24) is 15.2 Å². The third kappa shape index (κ3) is 2.65. The van der Waals surface area contributed by atoms with Crippen LogP contribution in [0.5, 0.6) is 0 Å². The lowest BCUT2D eigenvalue weighted by molar-refractivity contribution is 0.0940. The van der Waals surface area contributed by atoms with E-state index in [9.17, 15) is 4.79 Å². The number of carbonyl (C=O) groups excluding carboxylic acids is 1. The Bertz CT molecular complexity index is 383. The van der Waals surface area contributed by atoms with E-state index in [1.807, 2.05) is 23.9 Å². The van der Waals surface area contributed by atoms with E-state index >= 15 is 0 Å². The van der Waals surface area contributed by atoms with Gasteiger partial charge in [0.2, 0.25) is 0 Å². The molecule has 88 valence electrons. The van der Waals surface area contributed by atoms with Crippen LogP contribution in [0.25, 0.3) is 0 Å². The van der Waals surface area contributed by atoms with E-state index in [2.05, 4.69) is 26.6 Å². The molecule has 1 fully saturated rings. The summed E-state index contributed by atoms with van der Waals surface area (Å²) in [5.74, 6) is 0.577. The molecule has 1 saturated heterocycles. The molecule has 0 radical (unpaired) electrons. The van der Waals surface area contributed by atoms with E-state index in [0.717, 1.165) is 30.5 Å².